The lowest BCUT2D eigenvalue weighted by Gasteiger charge is -2.32. The average molecular weight is 279 g/mol. The van der Waals surface area contributed by atoms with Gasteiger partial charge in [0.15, 0.2) is 0 Å². The Morgan fingerprint density at radius 1 is 1.26 bits per heavy atom. The van der Waals surface area contributed by atoms with E-state index in [0.717, 1.165) is 44.0 Å². The molecular formula is C15H21NO2S. The first kappa shape index (κ1) is 13.3. The van der Waals surface area contributed by atoms with E-state index in [0.29, 0.717) is 5.92 Å². The van der Waals surface area contributed by atoms with Crippen LogP contribution in [0.3, 0.4) is 0 Å². The van der Waals surface area contributed by atoms with E-state index in [1.165, 1.54) is 4.90 Å². The maximum Gasteiger partial charge on any atom is 0.133 e. The van der Waals surface area contributed by atoms with Crippen molar-refractivity contribution in [3.8, 4) is 5.75 Å². The number of benzene rings is 1. The van der Waals surface area contributed by atoms with Gasteiger partial charge in [0.2, 0.25) is 0 Å². The molecule has 0 spiro atoms. The van der Waals surface area contributed by atoms with E-state index in [1.807, 2.05) is 23.9 Å². The van der Waals surface area contributed by atoms with Crippen LogP contribution >= 0.6 is 11.8 Å². The summed E-state index contributed by atoms with van der Waals surface area (Å²) in [7, 11) is 0. The van der Waals surface area contributed by atoms with Gasteiger partial charge in [-0.2, -0.15) is 0 Å². The minimum atomic E-state index is 0.129. The van der Waals surface area contributed by atoms with Crippen molar-refractivity contribution in [1.82, 2.24) is 0 Å². The number of hydrogen-bond donors (Lipinski definition) is 1. The summed E-state index contributed by atoms with van der Waals surface area (Å²) in [5.41, 5.74) is 6.36. The average Bonchev–Trinajstić information content (AvgIpc) is 2.48. The molecule has 0 aliphatic carbocycles. The van der Waals surface area contributed by atoms with Crippen LogP contribution in [0, 0.1) is 5.92 Å². The number of ether oxygens (including phenoxy) is 2. The molecule has 0 radical (unpaired) electrons. The van der Waals surface area contributed by atoms with Gasteiger partial charge in [0.1, 0.15) is 11.9 Å². The van der Waals surface area contributed by atoms with Crippen molar-refractivity contribution in [3.63, 3.8) is 0 Å². The quantitative estimate of drug-likeness (QED) is 0.924. The second-order valence-corrected chi connectivity index (χ2v) is 6.43. The lowest BCUT2D eigenvalue weighted by atomic mass is 9.91. The van der Waals surface area contributed by atoms with Crippen molar-refractivity contribution in [2.45, 2.75) is 36.3 Å². The highest BCUT2D eigenvalue weighted by Gasteiger charge is 2.28. The van der Waals surface area contributed by atoms with E-state index < -0.39 is 0 Å². The summed E-state index contributed by atoms with van der Waals surface area (Å²) in [6.07, 6.45) is 3.48. The van der Waals surface area contributed by atoms with Crippen molar-refractivity contribution in [1.29, 1.82) is 0 Å². The third-order valence-corrected chi connectivity index (χ3v) is 5.10. The minimum absolute atomic E-state index is 0.129. The summed E-state index contributed by atoms with van der Waals surface area (Å²) in [5, 5.41) is 0. The molecule has 0 saturated carbocycles. The minimum Gasteiger partial charge on any atom is -0.487 e. The Balaban J connectivity index is 1.58. The van der Waals surface area contributed by atoms with Gasteiger partial charge in [-0.1, -0.05) is 12.1 Å². The zero-order valence-corrected chi connectivity index (χ0v) is 11.9. The summed E-state index contributed by atoms with van der Waals surface area (Å²) in [6.45, 7) is 1.78. The summed E-state index contributed by atoms with van der Waals surface area (Å²) in [5.74, 6) is 2.65. The maximum absolute atomic E-state index is 6.36. The van der Waals surface area contributed by atoms with Gasteiger partial charge in [-0.3, -0.25) is 0 Å². The molecule has 1 saturated heterocycles. The molecule has 19 heavy (non-hydrogen) atoms. The van der Waals surface area contributed by atoms with Crippen molar-refractivity contribution in [2.75, 3.05) is 19.0 Å². The first-order valence-electron chi connectivity index (χ1n) is 7.05. The topological polar surface area (TPSA) is 44.5 Å². The molecule has 3 nitrogen and oxygen atoms in total. The lowest BCUT2D eigenvalue weighted by Crippen LogP contribution is -2.43. The Bertz CT molecular complexity index is 420. The van der Waals surface area contributed by atoms with Gasteiger partial charge in [0.05, 0.1) is 0 Å². The van der Waals surface area contributed by atoms with Gasteiger partial charge in [0.25, 0.3) is 0 Å². The molecule has 1 aromatic rings. The highest BCUT2D eigenvalue weighted by molar-refractivity contribution is 7.99. The SMILES string of the molecule is NC(CC1CCOCC1)C1CSc2ccccc2O1. The molecular weight excluding hydrogens is 258 g/mol. The van der Waals surface area contributed by atoms with Gasteiger partial charge in [-0.25, -0.2) is 0 Å². The first-order chi connectivity index (χ1) is 9.33. The fourth-order valence-corrected chi connectivity index (χ4v) is 3.86. The number of fused-ring (bicyclic) bond motifs is 1. The van der Waals surface area contributed by atoms with Crippen LogP contribution in [0.2, 0.25) is 0 Å². The maximum atomic E-state index is 6.36. The molecule has 104 valence electrons. The zero-order chi connectivity index (χ0) is 13.1. The number of para-hydroxylation sites is 1. The molecule has 3 rings (SSSR count). The van der Waals surface area contributed by atoms with Crippen molar-refractivity contribution in [2.24, 2.45) is 11.7 Å². The van der Waals surface area contributed by atoms with Gasteiger partial charge in [-0.05, 0) is 37.3 Å². The molecule has 0 amide bonds. The van der Waals surface area contributed by atoms with Crippen molar-refractivity contribution in [3.05, 3.63) is 24.3 Å². The molecule has 1 aromatic carbocycles. The van der Waals surface area contributed by atoms with E-state index in [2.05, 4.69) is 12.1 Å². The van der Waals surface area contributed by atoms with E-state index >= 15 is 0 Å². The molecule has 4 heteroatoms. The summed E-state index contributed by atoms with van der Waals surface area (Å²) < 4.78 is 11.5. The van der Waals surface area contributed by atoms with Gasteiger partial charge < -0.3 is 15.2 Å². The van der Waals surface area contributed by atoms with Crippen LogP contribution in [0.5, 0.6) is 5.75 Å². The molecule has 2 heterocycles. The standard InChI is InChI=1S/C15H21NO2S/c16-12(9-11-5-7-17-8-6-11)14-10-19-15-4-2-1-3-13(15)18-14/h1-4,11-12,14H,5-10,16H2. The highest BCUT2D eigenvalue weighted by Crippen LogP contribution is 2.36. The first-order valence-corrected chi connectivity index (χ1v) is 8.03. The van der Waals surface area contributed by atoms with E-state index in [-0.39, 0.29) is 12.1 Å². The summed E-state index contributed by atoms with van der Waals surface area (Å²) in [6, 6.07) is 8.35. The van der Waals surface area contributed by atoms with Crippen LogP contribution in [0.1, 0.15) is 19.3 Å². The molecule has 1 fully saturated rings. The molecule has 0 bridgehead atoms. The van der Waals surface area contributed by atoms with Crippen LogP contribution in [-0.4, -0.2) is 31.1 Å². The van der Waals surface area contributed by atoms with Gasteiger partial charge >= 0.3 is 0 Å². The van der Waals surface area contributed by atoms with E-state index in [4.69, 9.17) is 15.2 Å². The summed E-state index contributed by atoms with van der Waals surface area (Å²) >= 11 is 1.86. The molecule has 0 aromatic heterocycles. The monoisotopic (exact) mass is 279 g/mol. The number of rotatable bonds is 3. The molecule has 2 aliphatic heterocycles. The second-order valence-electron chi connectivity index (χ2n) is 5.37. The predicted molar refractivity (Wildman–Crippen MR) is 77.7 cm³/mol. The fraction of sp³-hybridized carbons (Fsp3) is 0.600. The van der Waals surface area contributed by atoms with Crippen molar-refractivity contribution < 1.29 is 9.47 Å². The Morgan fingerprint density at radius 3 is 2.89 bits per heavy atom. The van der Waals surface area contributed by atoms with E-state index in [9.17, 15) is 0 Å². The Hall–Kier alpha value is -0.710. The van der Waals surface area contributed by atoms with Gasteiger partial charge in [0, 0.05) is 29.9 Å². The number of hydrogen-bond acceptors (Lipinski definition) is 4. The molecule has 2 unspecified atom stereocenters. The summed E-state index contributed by atoms with van der Waals surface area (Å²) in [4.78, 5) is 1.23. The van der Waals surface area contributed by atoms with Crippen LogP contribution < -0.4 is 10.5 Å². The molecule has 2 atom stereocenters. The largest absolute Gasteiger partial charge is 0.487 e. The zero-order valence-electron chi connectivity index (χ0n) is 11.1. The second kappa shape index (κ2) is 6.16. The van der Waals surface area contributed by atoms with Crippen LogP contribution in [0.15, 0.2) is 29.2 Å². The fourth-order valence-electron chi connectivity index (χ4n) is 2.77. The van der Waals surface area contributed by atoms with Crippen LogP contribution in [-0.2, 0) is 4.74 Å². The Morgan fingerprint density at radius 2 is 2.05 bits per heavy atom. The third-order valence-electron chi connectivity index (χ3n) is 3.95. The smallest absolute Gasteiger partial charge is 0.133 e. The van der Waals surface area contributed by atoms with Gasteiger partial charge in [-0.15, -0.1) is 11.8 Å². The molecule has 2 aliphatic rings. The third kappa shape index (κ3) is 3.25. The molecule has 2 N–H and O–H groups in total. The normalized spacial score (nSPS) is 25.4. The lowest BCUT2D eigenvalue weighted by molar-refractivity contribution is 0.0559. The number of thioether (sulfide) groups is 1. The number of nitrogens with two attached hydrogens (primary N) is 1. The Labute approximate surface area is 118 Å². The Kier molecular flexibility index (Phi) is 4.31. The van der Waals surface area contributed by atoms with Crippen molar-refractivity contribution >= 4 is 11.8 Å². The van der Waals surface area contributed by atoms with E-state index in [1.54, 1.807) is 0 Å². The highest BCUT2D eigenvalue weighted by atomic mass is 32.2. The van der Waals surface area contributed by atoms with Crippen LogP contribution in [0.25, 0.3) is 0 Å². The predicted octanol–water partition coefficient (Wildman–Crippen LogP) is 2.68. The van der Waals surface area contributed by atoms with Crippen LogP contribution in [0.4, 0.5) is 0 Å².